The Morgan fingerprint density at radius 1 is 0.929 bits per heavy atom. The van der Waals surface area contributed by atoms with Gasteiger partial charge in [-0.3, -0.25) is 4.79 Å². The summed E-state index contributed by atoms with van der Waals surface area (Å²) in [5, 5.41) is 4.35. The minimum absolute atomic E-state index is 0.201. The SMILES string of the molecule is Cc1c(NC(=O)c2nc3ccccc3s2)cccc1-c1nc2cccnc2s1. The monoisotopic (exact) mass is 402 g/mol. The Morgan fingerprint density at radius 2 is 1.79 bits per heavy atom. The Bertz CT molecular complexity index is 1270. The number of carbonyl (C=O) groups excluding carboxylic acids is 1. The second kappa shape index (κ2) is 6.78. The Balaban J connectivity index is 1.49. The summed E-state index contributed by atoms with van der Waals surface area (Å²) in [5.41, 5.74) is 4.44. The molecular weight excluding hydrogens is 388 g/mol. The molecule has 1 N–H and O–H groups in total. The van der Waals surface area contributed by atoms with Gasteiger partial charge in [-0.15, -0.1) is 11.3 Å². The molecule has 5 nitrogen and oxygen atoms in total. The molecule has 3 heterocycles. The Kier molecular flexibility index (Phi) is 4.11. The topological polar surface area (TPSA) is 67.8 Å². The number of nitrogens with zero attached hydrogens (tertiary/aromatic N) is 3. The zero-order valence-electron chi connectivity index (χ0n) is 14.8. The van der Waals surface area contributed by atoms with Crippen molar-refractivity contribution in [2.45, 2.75) is 6.92 Å². The molecule has 3 aromatic heterocycles. The molecule has 2 aromatic carbocycles. The van der Waals surface area contributed by atoms with Crippen LogP contribution in [0, 0.1) is 6.92 Å². The van der Waals surface area contributed by atoms with Crippen LogP contribution < -0.4 is 5.32 Å². The fourth-order valence-corrected chi connectivity index (χ4v) is 4.88. The van der Waals surface area contributed by atoms with Gasteiger partial charge in [0, 0.05) is 17.4 Å². The van der Waals surface area contributed by atoms with Crippen LogP contribution in [0.3, 0.4) is 0 Å². The van der Waals surface area contributed by atoms with E-state index in [2.05, 4.69) is 20.3 Å². The van der Waals surface area contributed by atoms with Gasteiger partial charge in [-0.05, 0) is 42.8 Å². The molecule has 28 heavy (non-hydrogen) atoms. The smallest absolute Gasteiger partial charge is 0.284 e. The van der Waals surface area contributed by atoms with E-state index in [0.717, 1.165) is 42.4 Å². The molecule has 0 atom stereocenters. The highest BCUT2D eigenvalue weighted by molar-refractivity contribution is 7.21. The maximum Gasteiger partial charge on any atom is 0.284 e. The number of pyridine rings is 1. The lowest BCUT2D eigenvalue weighted by Gasteiger charge is -2.10. The van der Waals surface area contributed by atoms with Gasteiger partial charge in [-0.25, -0.2) is 15.0 Å². The molecule has 1 amide bonds. The lowest BCUT2D eigenvalue weighted by Crippen LogP contribution is -2.12. The number of anilines is 1. The van der Waals surface area contributed by atoms with Crippen molar-refractivity contribution in [1.29, 1.82) is 0 Å². The zero-order chi connectivity index (χ0) is 19.1. The third kappa shape index (κ3) is 2.94. The lowest BCUT2D eigenvalue weighted by atomic mass is 10.1. The predicted octanol–water partition coefficient (Wildman–Crippen LogP) is 5.53. The second-order valence-electron chi connectivity index (χ2n) is 6.27. The molecule has 0 fully saturated rings. The molecule has 5 rings (SSSR count). The molecule has 0 bridgehead atoms. The Morgan fingerprint density at radius 3 is 2.64 bits per heavy atom. The van der Waals surface area contributed by atoms with E-state index in [1.165, 1.54) is 11.3 Å². The van der Waals surface area contributed by atoms with Crippen molar-refractivity contribution in [1.82, 2.24) is 15.0 Å². The number of benzene rings is 2. The number of hydrogen-bond acceptors (Lipinski definition) is 6. The van der Waals surface area contributed by atoms with Crippen LogP contribution in [0.2, 0.25) is 0 Å². The fourth-order valence-electron chi connectivity index (χ4n) is 3.03. The van der Waals surface area contributed by atoms with Gasteiger partial charge in [-0.2, -0.15) is 0 Å². The van der Waals surface area contributed by atoms with Crippen molar-refractivity contribution >= 4 is 54.8 Å². The van der Waals surface area contributed by atoms with Crippen LogP contribution in [0.1, 0.15) is 15.4 Å². The molecule has 0 radical (unpaired) electrons. The quantitative estimate of drug-likeness (QED) is 0.431. The number of hydrogen-bond donors (Lipinski definition) is 1. The van der Waals surface area contributed by atoms with Crippen LogP contribution >= 0.6 is 22.7 Å². The highest BCUT2D eigenvalue weighted by Crippen LogP contribution is 2.34. The molecule has 0 saturated carbocycles. The number of carbonyl (C=O) groups is 1. The minimum Gasteiger partial charge on any atom is -0.320 e. The van der Waals surface area contributed by atoms with Gasteiger partial charge in [0.05, 0.1) is 10.2 Å². The highest BCUT2D eigenvalue weighted by atomic mass is 32.1. The van der Waals surface area contributed by atoms with E-state index in [1.54, 1.807) is 17.5 Å². The van der Waals surface area contributed by atoms with Gasteiger partial charge in [0.25, 0.3) is 5.91 Å². The predicted molar refractivity (Wildman–Crippen MR) is 115 cm³/mol. The number of aromatic nitrogens is 3. The minimum atomic E-state index is -0.201. The first-order valence-corrected chi connectivity index (χ1v) is 10.3. The summed E-state index contributed by atoms with van der Waals surface area (Å²) in [4.78, 5) is 27.1. The van der Waals surface area contributed by atoms with Gasteiger partial charge < -0.3 is 5.32 Å². The lowest BCUT2D eigenvalue weighted by molar-refractivity contribution is 0.102. The average molecular weight is 403 g/mol. The van der Waals surface area contributed by atoms with Crippen molar-refractivity contribution in [2.75, 3.05) is 5.32 Å². The van der Waals surface area contributed by atoms with Gasteiger partial charge in [0.2, 0.25) is 0 Å². The molecule has 0 spiro atoms. The van der Waals surface area contributed by atoms with Gasteiger partial charge in [-0.1, -0.05) is 35.6 Å². The number of rotatable bonds is 3. The molecule has 0 aliphatic heterocycles. The average Bonchev–Trinajstić information content (AvgIpc) is 3.33. The van der Waals surface area contributed by atoms with Crippen molar-refractivity contribution in [2.24, 2.45) is 0 Å². The summed E-state index contributed by atoms with van der Waals surface area (Å²) in [7, 11) is 0. The number of para-hydroxylation sites is 1. The fraction of sp³-hybridized carbons (Fsp3) is 0.0476. The largest absolute Gasteiger partial charge is 0.320 e. The van der Waals surface area contributed by atoms with Crippen LogP contribution in [0.15, 0.2) is 60.8 Å². The van der Waals surface area contributed by atoms with E-state index in [1.807, 2.05) is 61.5 Å². The molecule has 136 valence electrons. The first-order valence-electron chi connectivity index (χ1n) is 8.67. The normalized spacial score (nSPS) is 11.2. The molecule has 5 aromatic rings. The van der Waals surface area contributed by atoms with Crippen molar-refractivity contribution in [3.05, 3.63) is 71.4 Å². The summed E-state index contributed by atoms with van der Waals surface area (Å²) >= 11 is 2.94. The number of nitrogens with one attached hydrogen (secondary N) is 1. The summed E-state index contributed by atoms with van der Waals surface area (Å²) in [6.07, 6.45) is 1.77. The molecule has 0 aliphatic carbocycles. The van der Waals surface area contributed by atoms with Crippen LogP contribution in [0.25, 0.3) is 31.1 Å². The summed E-state index contributed by atoms with van der Waals surface area (Å²) < 4.78 is 1.00. The maximum atomic E-state index is 12.7. The van der Waals surface area contributed by atoms with Gasteiger partial charge >= 0.3 is 0 Å². The van der Waals surface area contributed by atoms with Crippen molar-refractivity contribution < 1.29 is 4.79 Å². The van der Waals surface area contributed by atoms with Gasteiger partial charge in [0.15, 0.2) is 5.01 Å². The summed E-state index contributed by atoms with van der Waals surface area (Å²) in [6, 6.07) is 17.4. The number of fused-ring (bicyclic) bond motifs is 2. The standard InChI is InChI=1S/C21H14N4OS2/c1-12-13(19-25-16-9-5-11-22-20(16)28-19)6-4-8-14(12)23-18(26)21-24-15-7-2-3-10-17(15)27-21/h2-11H,1H3,(H,23,26). The molecular formula is C21H14N4OS2. The number of thiazole rings is 2. The van der Waals surface area contributed by atoms with Crippen LogP contribution in [-0.2, 0) is 0 Å². The van der Waals surface area contributed by atoms with E-state index in [4.69, 9.17) is 0 Å². The van der Waals surface area contributed by atoms with E-state index in [0.29, 0.717) is 5.01 Å². The maximum absolute atomic E-state index is 12.7. The summed E-state index contributed by atoms with van der Waals surface area (Å²) in [5.74, 6) is -0.201. The highest BCUT2D eigenvalue weighted by Gasteiger charge is 2.16. The molecule has 7 heteroatoms. The Hall–Kier alpha value is -3.16. The van der Waals surface area contributed by atoms with Gasteiger partial charge in [0.1, 0.15) is 15.4 Å². The third-order valence-corrected chi connectivity index (χ3v) is 6.51. The molecule has 0 saturated heterocycles. The molecule has 0 aliphatic rings. The van der Waals surface area contributed by atoms with Crippen molar-refractivity contribution in [3.8, 4) is 10.6 Å². The summed E-state index contributed by atoms with van der Waals surface area (Å²) in [6.45, 7) is 1.99. The first kappa shape index (κ1) is 17.0. The number of amides is 1. The van der Waals surface area contributed by atoms with Crippen LogP contribution in [0.4, 0.5) is 5.69 Å². The van der Waals surface area contributed by atoms with Crippen LogP contribution in [-0.4, -0.2) is 20.9 Å². The third-order valence-electron chi connectivity index (χ3n) is 4.47. The van der Waals surface area contributed by atoms with E-state index < -0.39 is 0 Å². The first-order chi connectivity index (χ1) is 13.7. The van der Waals surface area contributed by atoms with E-state index in [9.17, 15) is 4.79 Å². The van der Waals surface area contributed by atoms with E-state index >= 15 is 0 Å². The Labute approximate surface area is 168 Å². The molecule has 0 unspecified atom stereocenters. The van der Waals surface area contributed by atoms with Crippen molar-refractivity contribution in [3.63, 3.8) is 0 Å². The zero-order valence-corrected chi connectivity index (χ0v) is 16.5. The second-order valence-corrected chi connectivity index (χ2v) is 8.27. The van der Waals surface area contributed by atoms with Crippen LogP contribution in [0.5, 0.6) is 0 Å². The van der Waals surface area contributed by atoms with E-state index in [-0.39, 0.29) is 5.91 Å².